The van der Waals surface area contributed by atoms with Crippen molar-refractivity contribution in [3.63, 3.8) is 0 Å². The lowest BCUT2D eigenvalue weighted by molar-refractivity contribution is -0.383. The van der Waals surface area contributed by atoms with E-state index in [2.05, 4.69) is 0 Å². The number of anilines is 1. The van der Waals surface area contributed by atoms with Crippen LogP contribution in [0.15, 0.2) is 23.6 Å². The average Bonchev–Trinajstić information content (AvgIpc) is 3.04. The van der Waals surface area contributed by atoms with Gasteiger partial charge in [-0.15, -0.1) is 22.7 Å². The number of aliphatic hydroxyl groups excluding tert-OH is 1. The van der Waals surface area contributed by atoms with Crippen LogP contribution < -0.4 is 4.90 Å². The molecule has 108 valence electrons. The Bertz CT molecular complexity index is 578. The van der Waals surface area contributed by atoms with E-state index in [1.165, 1.54) is 17.4 Å². The van der Waals surface area contributed by atoms with Gasteiger partial charge in [-0.05, 0) is 25.3 Å². The second-order valence-electron chi connectivity index (χ2n) is 4.37. The third-order valence-corrected chi connectivity index (χ3v) is 5.13. The van der Waals surface area contributed by atoms with Gasteiger partial charge in [0.2, 0.25) is 0 Å². The molecule has 1 N–H and O–H groups in total. The summed E-state index contributed by atoms with van der Waals surface area (Å²) < 4.78 is 0. The SMILES string of the molecule is CCN(Cc1cccs1)c1sc(C(C)O)cc1[N+](=O)[O-]. The average molecular weight is 312 g/mol. The summed E-state index contributed by atoms with van der Waals surface area (Å²) >= 11 is 2.92. The van der Waals surface area contributed by atoms with Gasteiger partial charge in [0.05, 0.1) is 17.6 Å². The Hall–Kier alpha value is -1.44. The van der Waals surface area contributed by atoms with Crippen LogP contribution in [0.2, 0.25) is 0 Å². The van der Waals surface area contributed by atoms with Gasteiger partial charge in [-0.25, -0.2) is 0 Å². The van der Waals surface area contributed by atoms with E-state index < -0.39 is 6.10 Å². The van der Waals surface area contributed by atoms with Gasteiger partial charge in [0.25, 0.3) is 0 Å². The van der Waals surface area contributed by atoms with E-state index in [4.69, 9.17) is 0 Å². The summed E-state index contributed by atoms with van der Waals surface area (Å²) in [5, 5.41) is 23.4. The van der Waals surface area contributed by atoms with Crippen molar-refractivity contribution in [3.8, 4) is 0 Å². The predicted molar refractivity (Wildman–Crippen MR) is 82.7 cm³/mol. The van der Waals surface area contributed by atoms with Gasteiger partial charge in [-0.1, -0.05) is 6.07 Å². The molecule has 0 saturated carbocycles. The highest BCUT2D eigenvalue weighted by atomic mass is 32.1. The second-order valence-corrected chi connectivity index (χ2v) is 6.46. The summed E-state index contributed by atoms with van der Waals surface area (Å²) in [6, 6.07) is 5.46. The standard InChI is InChI=1S/C13H16N2O3S2/c1-3-14(8-10-5-4-6-19-10)13-11(15(17)18)7-12(20-13)9(2)16/h4-7,9,16H,3,8H2,1-2H3. The molecule has 5 nitrogen and oxygen atoms in total. The van der Waals surface area contributed by atoms with E-state index in [1.54, 1.807) is 18.3 Å². The van der Waals surface area contributed by atoms with Crippen molar-refractivity contribution in [2.24, 2.45) is 0 Å². The molecule has 0 radical (unpaired) electrons. The van der Waals surface area contributed by atoms with Crippen LogP contribution in [0, 0.1) is 10.1 Å². The maximum atomic E-state index is 11.2. The van der Waals surface area contributed by atoms with Crippen LogP contribution in [0.3, 0.4) is 0 Å². The fourth-order valence-electron chi connectivity index (χ4n) is 1.87. The minimum Gasteiger partial charge on any atom is -0.388 e. The largest absolute Gasteiger partial charge is 0.388 e. The summed E-state index contributed by atoms with van der Waals surface area (Å²) in [5.74, 6) is 0. The van der Waals surface area contributed by atoms with Gasteiger partial charge in [0, 0.05) is 22.4 Å². The summed E-state index contributed by atoms with van der Waals surface area (Å²) in [6.45, 7) is 4.92. The molecule has 2 rings (SSSR count). The van der Waals surface area contributed by atoms with Crippen LogP contribution in [-0.2, 0) is 6.54 Å². The molecule has 0 amide bonds. The molecule has 2 aromatic rings. The van der Waals surface area contributed by atoms with Crippen molar-refractivity contribution in [1.29, 1.82) is 0 Å². The number of hydrogen-bond acceptors (Lipinski definition) is 6. The molecule has 2 heterocycles. The fourth-order valence-corrected chi connectivity index (χ4v) is 3.72. The van der Waals surface area contributed by atoms with E-state index in [0.29, 0.717) is 23.0 Å². The van der Waals surface area contributed by atoms with E-state index >= 15 is 0 Å². The summed E-state index contributed by atoms with van der Waals surface area (Å²) in [6.07, 6.45) is -0.687. The smallest absolute Gasteiger partial charge is 0.304 e. The van der Waals surface area contributed by atoms with Crippen LogP contribution >= 0.6 is 22.7 Å². The molecule has 0 aromatic carbocycles. The van der Waals surface area contributed by atoms with Crippen LogP contribution in [0.25, 0.3) is 0 Å². The van der Waals surface area contributed by atoms with E-state index in [0.717, 1.165) is 4.88 Å². The van der Waals surface area contributed by atoms with Crippen molar-refractivity contribution in [1.82, 2.24) is 0 Å². The number of nitrogens with zero attached hydrogens (tertiary/aromatic N) is 2. The minimum atomic E-state index is -0.687. The molecule has 0 aliphatic heterocycles. The van der Waals surface area contributed by atoms with Crippen LogP contribution in [-0.4, -0.2) is 16.6 Å². The van der Waals surface area contributed by atoms with E-state index in [1.807, 2.05) is 29.3 Å². The third-order valence-electron chi connectivity index (χ3n) is 2.92. The fraction of sp³-hybridized carbons (Fsp3) is 0.385. The normalized spacial score (nSPS) is 12.3. The van der Waals surface area contributed by atoms with Crippen molar-refractivity contribution in [2.75, 3.05) is 11.4 Å². The Labute approximate surface area is 125 Å². The molecule has 0 spiro atoms. The van der Waals surface area contributed by atoms with Gasteiger partial charge >= 0.3 is 5.69 Å². The summed E-state index contributed by atoms with van der Waals surface area (Å²) in [7, 11) is 0. The molecule has 1 unspecified atom stereocenters. The highest BCUT2D eigenvalue weighted by molar-refractivity contribution is 7.16. The summed E-state index contributed by atoms with van der Waals surface area (Å²) in [5.41, 5.74) is 0.0734. The van der Waals surface area contributed by atoms with Crippen LogP contribution in [0.1, 0.15) is 29.7 Å². The maximum Gasteiger partial charge on any atom is 0.304 e. The Balaban J connectivity index is 2.34. The zero-order valence-electron chi connectivity index (χ0n) is 11.3. The van der Waals surface area contributed by atoms with E-state index in [-0.39, 0.29) is 10.6 Å². The topological polar surface area (TPSA) is 66.6 Å². The molecule has 0 saturated heterocycles. The Morgan fingerprint density at radius 2 is 2.30 bits per heavy atom. The molecule has 7 heteroatoms. The molecule has 0 bridgehead atoms. The highest BCUT2D eigenvalue weighted by Crippen LogP contribution is 2.40. The second kappa shape index (κ2) is 6.34. The molecule has 2 aromatic heterocycles. The van der Waals surface area contributed by atoms with Crippen LogP contribution in [0.5, 0.6) is 0 Å². The minimum absolute atomic E-state index is 0.0734. The number of rotatable bonds is 6. The lowest BCUT2D eigenvalue weighted by Crippen LogP contribution is -2.21. The first-order valence-electron chi connectivity index (χ1n) is 6.26. The van der Waals surface area contributed by atoms with Gasteiger partial charge in [-0.3, -0.25) is 10.1 Å². The molecule has 0 fully saturated rings. The first-order chi connectivity index (χ1) is 9.52. The lowest BCUT2D eigenvalue weighted by Gasteiger charge is -2.19. The number of nitro groups is 1. The van der Waals surface area contributed by atoms with Crippen molar-refractivity contribution >= 4 is 33.4 Å². The molecule has 20 heavy (non-hydrogen) atoms. The molecular weight excluding hydrogens is 296 g/mol. The van der Waals surface area contributed by atoms with Gasteiger partial charge < -0.3 is 10.0 Å². The first kappa shape index (κ1) is 15.0. The third kappa shape index (κ3) is 3.17. The molecule has 0 aliphatic carbocycles. The lowest BCUT2D eigenvalue weighted by atomic mass is 10.3. The van der Waals surface area contributed by atoms with Crippen molar-refractivity contribution in [2.45, 2.75) is 26.5 Å². The van der Waals surface area contributed by atoms with Crippen molar-refractivity contribution < 1.29 is 10.0 Å². The zero-order valence-corrected chi connectivity index (χ0v) is 12.9. The Morgan fingerprint density at radius 1 is 1.55 bits per heavy atom. The molecule has 1 atom stereocenters. The molecule has 0 aliphatic rings. The Morgan fingerprint density at radius 3 is 2.80 bits per heavy atom. The first-order valence-corrected chi connectivity index (χ1v) is 7.96. The monoisotopic (exact) mass is 312 g/mol. The van der Waals surface area contributed by atoms with Gasteiger partial charge in [0.1, 0.15) is 0 Å². The summed E-state index contributed by atoms with van der Waals surface area (Å²) in [4.78, 5) is 14.6. The number of aliphatic hydroxyl groups is 1. The number of hydrogen-bond donors (Lipinski definition) is 1. The maximum absolute atomic E-state index is 11.2. The zero-order chi connectivity index (χ0) is 14.7. The van der Waals surface area contributed by atoms with E-state index in [9.17, 15) is 15.2 Å². The quantitative estimate of drug-likeness (QED) is 0.651. The Kier molecular flexibility index (Phi) is 4.74. The molecular formula is C13H16N2O3S2. The van der Waals surface area contributed by atoms with Crippen LogP contribution in [0.4, 0.5) is 10.7 Å². The van der Waals surface area contributed by atoms with Gasteiger partial charge in [-0.2, -0.15) is 0 Å². The van der Waals surface area contributed by atoms with Crippen molar-refractivity contribution in [3.05, 3.63) is 43.4 Å². The number of thiophene rings is 2. The van der Waals surface area contributed by atoms with Gasteiger partial charge in [0.15, 0.2) is 5.00 Å². The predicted octanol–water partition coefficient (Wildman–Crippen LogP) is 3.80. The highest BCUT2D eigenvalue weighted by Gasteiger charge is 2.25.